The summed E-state index contributed by atoms with van der Waals surface area (Å²) in [5, 5.41) is 0. The van der Waals surface area contributed by atoms with Gasteiger partial charge in [0.25, 0.3) is 0 Å². The molecule has 1 rings (SSSR count). The van der Waals surface area contributed by atoms with Crippen LogP contribution in [0.4, 0.5) is 5.69 Å². The first-order valence-corrected chi connectivity index (χ1v) is 6.28. The largest absolute Gasteiger partial charge is 0.316 e. The molecule has 0 radical (unpaired) electrons. The highest BCUT2D eigenvalue weighted by molar-refractivity contribution is 8.00. The van der Waals surface area contributed by atoms with Gasteiger partial charge in [-0.15, -0.1) is 0 Å². The predicted molar refractivity (Wildman–Crippen MR) is 66.8 cm³/mol. The number of hydrogen-bond acceptors (Lipinski definition) is 2. The highest BCUT2D eigenvalue weighted by Crippen LogP contribution is 2.22. The summed E-state index contributed by atoms with van der Waals surface area (Å²) in [6.07, 6.45) is 2.43. The SMILES string of the molecule is CCCSN(CCC)c1ccccc1. The zero-order valence-corrected chi connectivity index (χ0v) is 9.89. The van der Waals surface area contributed by atoms with Gasteiger partial charge in [-0.1, -0.05) is 32.0 Å². The Morgan fingerprint density at radius 3 is 2.36 bits per heavy atom. The van der Waals surface area contributed by atoms with Gasteiger partial charge in [0.15, 0.2) is 0 Å². The Kier molecular flexibility index (Phi) is 5.53. The molecule has 0 N–H and O–H groups in total. The molecule has 1 aromatic carbocycles. The van der Waals surface area contributed by atoms with Crippen molar-refractivity contribution in [3.05, 3.63) is 30.3 Å². The lowest BCUT2D eigenvalue weighted by atomic mass is 10.3. The highest BCUT2D eigenvalue weighted by atomic mass is 32.2. The number of rotatable bonds is 6. The minimum absolute atomic E-state index is 1.13. The number of hydrogen-bond donors (Lipinski definition) is 0. The van der Waals surface area contributed by atoms with E-state index in [9.17, 15) is 0 Å². The van der Waals surface area contributed by atoms with E-state index in [2.05, 4.69) is 48.5 Å². The Hall–Kier alpha value is -0.630. The molecule has 0 aromatic heterocycles. The molecule has 0 amide bonds. The standard InChI is InChI=1S/C12H19NS/c1-3-10-13(14-11-4-2)12-8-6-5-7-9-12/h5-9H,3-4,10-11H2,1-2H3. The Balaban J connectivity index is 2.58. The molecule has 78 valence electrons. The van der Waals surface area contributed by atoms with E-state index in [1.54, 1.807) is 0 Å². The van der Waals surface area contributed by atoms with Crippen molar-refractivity contribution in [3.63, 3.8) is 0 Å². The molecule has 0 saturated carbocycles. The first kappa shape index (κ1) is 11.4. The van der Waals surface area contributed by atoms with Gasteiger partial charge in [0.2, 0.25) is 0 Å². The fraction of sp³-hybridized carbons (Fsp3) is 0.500. The Labute approximate surface area is 91.6 Å². The predicted octanol–water partition coefficient (Wildman–Crippen LogP) is 3.96. The van der Waals surface area contributed by atoms with Crippen molar-refractivity contribution in [1.29, 1.82) is 0 Å². The average Bonchev–Trinajstić information content (AvgIpc) is 2.25. The molecule has 1 nitrogen and oxygen atoms in total. The highest BCUT2D eigenvalue weighted by Gasteiger charge is 2.03. The Morgan fingerprint density at radius 1 is 1.07 bits per heavy atom. The maximum absolute atomic E-state index is 2.39. The zero-order valence-electron chi connectivity index (χ0n) is 9.07. The number of para-hydroxylation sites is 1. The van der Waals surface area contributed by atoms with Crippen LogP contribution < -0.4 is 4.31 Å². The van der Waals surface area contributed by atoms with E-state index in [4.69, 9.17) is 0 Å². The fourth-order valence-corrected chi connectivity index (χ4v) is 2.25. The van der Waals surface area contributed by atoms with Crippen LogP contribution in [0.1, 0.15) is 26.7 Å². The van der Waals surface area contributed by atoms with Crippen LogP contribution in [0.5, 0.6) is 0 Å². The third kappa shape index (κ3) is 3.62. The second kappa shape index (κ2) is 6.77. The molecule has 0 spiro atoms. The van der Waals surface area contributed by atoms with E-state index >= 15 is 0 Å². The van der Waals surface area contributed by atoms with Crippen LogP contribution in [0.15, 0.2) is 30.3 Å². The summed E-state index contributed by atoms with van der Waals surface area (Å²) < 4.78 is 2.39. The molecule has 2 heteroatoms. The van der Waals surface area contributed by atoms with Crippen molar-refractivity contribution in [2.45, 2.75) is 26.7 Å². The second-order valence-corrected chi connectivity index (χ2v) is 4.38. The van der Waals surface area contributed by atoms with Crippen LogP contribution in [0.25, 0.3) is 0 Å². The lowest BCUT2D eigenvalue weighted by Gasteiger charge is -2.22. The number of anilines is 1. The van der Waals surface area contributed by atoms with Crippen LogP contribution in [0.2, 0.25) is 0 Å². The fourth-order valence-electron chi connectivity index (χ4n) is 1.27. The van der Waals surface area contributed by atoms with Crippen molar-refractivity contribution in [1.82, 2.24) is 0 Å². The maximum atomic E-state index is 2.39. The van der Waals surface area contributed by atoms with Gasteiger partial charge < -0.3 is 4.31 Å². The quantitative estimate of drug-likeness (QED) is 0.652. The summed E-state index contributed by atoms with van der Waals surface area (Å²) in [6, 6.07) is 10.6. The third-order valence-electron chi connectivity index (χ3n) is 1.92. The second-order valence-electron chi connectivity index (χ2n) is 3.27. The maximum Gasteiger partial charge on any atom is 0.0469 e. The van der Waals surface area contributed by atoms with Crippen LogP contribution in [0, 0.1) is 0 Å². The summed E-state index contributed by atoms with van der Waals surface area (Å²) in [4.78, 5) is 0. The van der Waals surface area contributed by atoms with Crippen molar-refractivity contribution >= 4 is 17.6 Å². The van der Waals surface area contributed by atoms with E-state index in [1.165, 1.54) is 24.3 Å². The minimum Gasteiger partial charge on any atom is -0.316 e. The van der Waals surface area contributed by atoms with Crippen LogP contribution in [-0.4, -0.2) is 12.3 Å². The van der Waals surface area contributed by atoms with Gasteiger partial charge in [-0.3, -0.25) is 0 Å². The number of benzene rings is 1. The molecule has 0 fully saturated rings. The summed E-state index contributed by atoms with van der Waals surface area (Å²) in [5.41, 5.74) is 1.33. The molecular weight excluding hydrogens is 190 g/mol. The average molecular weight is 209 g/mol. The molecule has 0 heterocycles. The van der Waals surface area contributed by atoms with Crippen LogP contribution in [-0.2, 0) is 0 Å². The van der Waals surface area contributed by atoms with E-state index in [0.717, 1.165) is 6.54 Å². The van der Waals surface area contributed by atoms with E-state index in [-0.39, 0.29) is 0 Å². The molecule has 0 bridgehead atoms. The molecule has 0 aliphatic rings. The molecule has 0 atom stereocenters. The van der Waals surface area contributed by atoms with Crippen LogP contribution >= 0.6 is 11.9 Å². The summed E-state index contributed by atoms with van der Waals surface area (Å²) >= 11 is 1.93. The first-order chi connectivity index (χ1) is 6.88. The molecular formula is C12H19NS. The zero-order chi connectivity index (χ0) is 10.2. The summed E-state index contributed by atoms with van der Waals surface area (Å²) in [7, 11) is 0. The lowest BCUT2D eigenvalue weighted by molar-refractivity contribution is 0.927. The Morgan fingerprint density at radius 2 is 1.79 bits per heavy atom. The monoisotopic (exact) mass is 209 g/mol. The van der Waals surface area contributed by atoms with Crippen molar-refractivity contribution < 1.29 is 0 Å². The summed E-state index contributed by atoms with van der Waals surface area (Å²) in [5.74, 6) is 1.20. The third-order valence-corrected chi connectivity index (χ3v) is 3.22. The summed E-state index contributed by atoms with van der Waals surface area (Å²) in [6.45, 7) is 5.58. The molecule has 0 saturated heterocycles. The lowest BCUT2D eigenvalue weighted by Crippen LogP contribution is -2.15. The normalized spacial score (nSPS) is 10.1. The topological polar surface area (TPSA) is 3.24 Å². The molecule has 0 aliphatic heterocycles. The van der Waals surface area contributed by atoms with Gasteiger partial charge in [0.05, 0.1) is 0 Å². The van der Waals surface area contributed by atoms with Crippen molar-refractivity contribution in [2.24, 2.45) is 0 Å². The minimum atomic E-state index is 1.13. The number of nitrogens with zero attached hydrogens (tertiary/aromatic N) is 1. The van der Waals surface area contributed by atoms with Crippen molar-refractivity contribution in [3.8, 4) is 0 Å². The van der Waals surface area contributed by atoms with Gasteiger partial charge in [-0.25, -0.2) is 0 Å². The van der Waals surface area contributed by atoms with E-state index in [0.29, 0.717) is 0 Å². The van der Waals surface area contributed by atoms with E-state index < -0.39 is 0 Å². The van der Waals surface area contributed by atoms with Gasteiger partial charge >= 0.3 is 0 Å². The van der Waals surface area contributed by atoms with Gasteiger partial charge in [-0.05, 0) is 36.9 Å². The molecule has 0 unspecified atom stereocenters. The van der Waals surface area contributed by atoms with Gasteiger partial charge in [0.1, 0.15) is 0 Å². The van der Waals surface area contributed by atoms with E-state index in [1.807, 2.05) is 11.9 Å². The van der Waals surface area contributed by atoms with Crippen molar-refractivity contribution in [2.75, 3.05) is 16.6 Å². The molecule has 0 aliphatic carbocycles. The molecule has 14 heavy (non-hydrogen) atoms. The van der Waals surface area contributed by atoms with Crippen LogP contribution in [0.3, 0.4) is 0 Å². The van der Waals surface area contributed by atoms with Gasteiger partial charge in [0, 0.05) is 18.0 Å². The molecule has 1 aromatic rings. The smallest absolute Gasteiger partial charge is 0.0469 e. The first-order valence-electron chi connectivity index (χ1n) is 5.34. The Bertz CT molecular complexity index is 235. The van der Waals surface area contributed by atoms with Gasteiger partial charge in [-0.2, -0.15) is 0 Å².